The minimum absolute atomic E-state index is 0.296. The molecule has 0 aliphatic carbocycles. The Morgan fingerprint density at radius 1 is 1.20 bits per heavy atom. The molecule has 160 valence electrons. The summed E-state index contributed by atoms with van der Waals surface area (Å²) in [4.78, 5) is 18.3. The fraction of sp³-hybridized carbons (Fsp3) is 0.429. The van der Waals surface area contributed by atoms with Crippen LogP contribution in [-0.2, 0) is 17.3 Å². The van der Waals surface area contributed by atoms with Gasteiger partial charge in [0.15, 0.2) is 0 Å². The number of hydrogen-bond acceptors (Lipinski definition) is 5. The third kappa shape index (κ3) is 4.21. The van der Waals surface area contributed by atoms with E-state index in [1.165, 1.54) is 12.1 Å². The molecule has 1 N–H and O–H groups in total. The Hall–Kier alpha value is -2.81. The third-order valence-corrected chi connectivity index (χ3v) is 5.05. The first-order chi connectivity index (χ1) is 14.1. The van der Waals surface area contributed by atoms with E-state index in [1.54, 1.807) is 0 Å². The number of hydrogen-bond donors (Lipinski definition) is 1. The number of halogens is 3. The van der Waals surface area contributed by atoms with Crippen LogP contribution < -0.4 is 15.0 Å². The van der Waals surface area contributed by atoms with Crippen molar-refractivity contribution in [3.05, 3.63) is 47.3 Å². The van der Waals surface area contributed by atoms with Gasteiger partial charge in [-0.15, -0.1) is 0 Å². The number of pyridine rings is 1. The Morgan fingerprint density at radius 3 is 2.63 bits per heavy atom. The van der Waals surface area contributed by atoms with Crippen molar-refractivity contribution in [3.63, 3.8) is 0 Å². The maximum absolute atomic E-state index is 13.0. The first kappa shape index (κ1) is 20.5. The first-order valence-corrected chi connectivity index (χ1v) is 9.67. The van der Waals surface area contributed by atoms with Crippen LogP contribution in [0.5, 0.6) is 5.75 Å². The molecule has 1 saturated heterocycles. The van der Waals surface area contributed by atoms with Crippen molar-refractivity contribution in [2.75, 3.05) is 36.5 Å². The van der Waals surface area contributed by atoms with Crippen LogP contribution in [0.3, 0.4) is 0 Å². The van der Waals surface area contributed by atoms with E-state index in [1.807, 2.05) is 26.0 Å². The number of fused-ring (bicyclic) bond motifs is 1. The van der Waals surface area contributed by atoms with E-state index in [0.717, 1.165) is 23.1 Å². The van der Waals surface area contributed by atoms with Crippen LogP contribution in [0.2, 0.25) is 0 Å². The van der Waals surface area contributed by atoms with Gasteiger partial charge in [0, 0.05) is 31.1 Å². The fourth-order valence-corrected chi connectivity index (χ4v) is 3.71. The van der Waals surface area contributed by atoms with Gasteiger partial charge < -0.3 is 19.7 Å². The number of nitrogens with zero attached hydrogens (tertiary/aromatic N) is 2. The Morgan fingerprint density at radius 2 is 1.93 bits per heavy atom. The zero-order valence-electron chi connectivity index (χ0n) is 16.7. The topological polar surface area (TPSA) is 63.7 Å². The number of benzene rings is 1. The second-order valence-corrected chi connectivity index (χ2v) is 7.97. The highest BCUT2D eigenvalue weighted by Crippen LogP contribution is 2.42. The zero-order valence-corrected chi connectivity index (χ0v) is 16.7. The molecule has 2 aromatic rings. The van der Waals surface area contributed by atoms with Crippen molar-refractivity contribution < 1.29 is 27.4 Å². The van der Waals surface area contributed by atoms with E-state index in [0.29, 0.717) is 38.4 Å². The number of alkyl halides is 3. The average Bonchev–Trinajstić information content (AvgIpc) is 3.00. The van der Waals surface area contributed by atoms with Crippen molar-refractivity contribution in [1.29, 1.82) is 0 Å². The van der Waals surface area contributed by atoms with Crippen molar-refractivity contribution in [2.45, 2.75) is 32.0 Å². The Labute approximate surface area is 172 Å². The summed E-state index contributed by atoms with van der Waals surface area (Å²) in [5.74, 6) is 0.0467. The van der Waals surface area contributed by atoms with Gasteiger partial charge in [0.1, 0.15) is 22.7 Å². The number of carbonyl (C=O) groups excluding carboxylic acids is 1. The molecule has 1 amide bonds. The Bertz CT molecular complexity index is 970. The molecule has 3 heterocycles. The number of morpholine rings is 1. The first-order valence-electron chi connectivity index (χ1n) is 9.67. The van der Waals surface area contributed by atoms with Gasteiger partial charge in [-0.3, -0.25) is 4.79 Å². The maximum atomic E-state index is 13.0. The van der Waals surface area contributed by atoms with Crippen LogP contribution in [0, 0.1) is 0 Å². The third-order valence-electron chi connectivity index (χ3n) is 5.05. The van der Waals surface area contributed by atoms with E-state index in [2.05, 4.69) is 15.2 Å². The number of anilines is 2. The highest BCUT2D eigenvalue weighted by Gasteiger charge is 2.34. The molecule has 9 heteroatoms. The molecule has 2 aliphatic rings. The summed E-state index contributed by atoms with van der Waals surface area (Å²) in [7, 11) is 0. The zero-order chi connectivity index (χ0) is 21.5. The molecule has 1 aromatic carbocycles. The monoisotopic (exact) mass is 421 g/mol. The van der Waals surface area contributed by atoms with E-state index in [4.69, 9.17) is 9.47 Å². The van der Waals surface area contributed by atoms with Crippen molar-refractivity contribution >= 4 is 17.3 Å². The van der Waals surface area contributed by atoms with Crippen molar-refractivity contribution in [3.8, 4) is 5.75 Å². The van der Waals surface area contributed by atoms with E-state index in [9.17, 15) is 18.0 Å². The quantitative estimate of drug-likeness (QED) is 0.815. The van der Waals surface area contributed by atoms with Gasteiger partial charge in [-0.1, -0.05) is 6.07 Å². The number of ether oxygens (including phenoxy) is 2. The lowest BCUT2D eigenvalue weighted by atomic mass is 10.0. The summed E-state index contributed by atoms with van der Waals surface area (Å²) < 4.78 is 50.3. The van der Waals surface area contributed by atoms with Crippen LogP contribution in [-0.4, -0.2) is 42.8 Å². The summed E-state index contributed by atoms with van der Waals surface area (Å²) in [5, 5.41) is 2.75. The van der Waals surface area contributed by atoms with Gasteiger partial charge in [0.25, 0.3) is 5.91 Å². The van der Waals surface area contributed by atoms with Gasteiger partial charge >= 0.3 is 6.18 Å². The smallest absolute Gasteiger partial charge is 0.433 e. The van der Waals surface area contributed by atoms with Gasteiger partial charge in [0.05, 0.1) is 24.6 Å². The van der Waals surface area contributed by atoms with Crippen LogP contribution >= 0.6 is 0 Å². The second kappa shape index (κ2) is 7.46. The molecular weight excluding hydrogens is 399 g/mol. The number of rotatable bonds is 3. The molecule has 30 heavy (non-hydrogen) atoms. The minimum Gasteiger partial charge on any atom is -0.487 e. The maximum Gasteiger partial charge on any atom is 0.433 e. The normalized spacial score (nSPS) is 18.0. The second-order valence-electron chi connectivity index (χ2n) is 7.97. The number of aromatic nitrogens is 1. The molecule has 2 aliphatic heterocycles. The molecule has 1 aromatic heterocycles. The van der Waals surface area contributed by atoms with Gasteiger partial charge in [-0.2, -0.15) is 13.2 Å². The largest absolute Gasteiger partial charge is 0.487 e. The van der Waals surface area contributed by atoms with Crippen LogP contribution in [0.15, 0.2) is 30.3 Å². The van der Waals surface area contributed by atoms with Crippen molar-refractivity contribution in [1.82, 2.24) is 4.98 Å². The van der Waals surface area contributed by atoms with Crippen molar-refractivity contribution in [2.24, 2.45) is 0 Å². The highest BCUT2D eigenvalue weighted by molar-refractivity contribution is 6.05. The average molecular weight is 421 g/mol. The minimum atomic E-state index is -4.62. The summed E-state index contributed by atoms with van der Waals surface area (Å²) in [6, 6.07) is 6.99. The molecule has 0 radical (unpaired) electrons. The summed E-state index contributed by atoms with van der Waals surface area (Å²) in [5.41, 5.74) is 0.429. The van der Waals surface area contributed by atoms with Gasteiger partial charge in [-0.05, 0) is 32.0 Å². The number of carbonyl (C=O) groups is 1. The predicted octanol–water partition coefficient (Wildman–Crippen LogP) is 3.90. The molecule has 0 saturated carbocycles. The fourth-order valence-electron chi connectivity index (χ4n) is 3.71. The number of amides is 1. The standard InChI is InChI=1S/C21H22F3N3O3/c1-20(2)12-13-10-15(16(11-17(13)30-20)27-6-8-29-9-7-27)26-19(28)14-4-3-5-18(25-14)21(22,23)24/h3-5,10-11H,6-9,12H2,1-2H3,(H,26,28). The summed E-state index contributed by atoms with van der Waals surface area (Å²) in [6.07, 6.45) is -3.96. The lowest BCUT2D eigenvalue weighted by Gasteiger charge is -2.31. The van der Waals surface area contributed by atoms with Gasteiger partial charge in [0.2, 0.25) is 0 Å². The van der Waals surface area contributed by atoms with Crippen LogP contribution in [0.1, 0.15) is 35.6 Å². The van der Waals surface area contributed by atoms with E-state index >= 15 is 0 Å². The Kier molecular flexibility index (Phi) is 5.09. The van der Waals surface area contributed by atoms with Gasteiger partial charge in [-0.25, -0.2) is 4.98 Å². The predicted molar refractivity (Wildman–Crippen MR) is 105 cm³/mol. The summed E-state index contributed by atoms with van der Waals surface area (Å²) >= 11 is 0. The lowest BCUT2D eigenvalue weighted by Crippen LogP contribution is -2.36. The molecule has 0 bridgehead atoms. The van der Waals surface area contributed by atoms with E-state index in [-0.39, 0.29) is 11.3 Å². The molecule has 0 unspecified atom stereocenters. The molecule has 0 atom stereocenters. The molecule has 4 rings (SSSR count). The highest BCUT2D eigenvalue weighted by atomic mass is 19.4. The van der Waals surface area contributed by atoms with E-state index < -0.39 is 17.8 Å². The Balaban J connectivity index is 1.67. The summed E-state index contributed by atoms with van der Waals surface area (Å²) in [6.45, 7) is 6.32. The lowest BCUT2D eigenvalue weighted by molar-refractivity contribution is -0.141. The molecule has 0 spiro atoms. The molecular formula is C21H22F3N3O3. The SMILES string of the molecule is CC1(C)Cc2cc(NC(=O)c3cccc(C(F)(F)F)n3)c(N3CCOCC3)cc2O1. The van der Waals surface area contributed by atoms with Crippen LogP contribution in [0.4, 0.5) is 24.5 Å². The molecule has 1 fully saturated rings. The van der Waals surface area contributed by atoms with Crippen LogP contribution in [0.25, 0.3) is 0 Å². The number of nitrogens with one attached hydrogen (secondary N) is 1. The molecule has 6 nitrogen and oxygen atoms in total.